The number of aromatic nitrogens is 2. The highest BCUT2D eigenvalue weighted by atomic mass is 32.1. The van der Waals surface area contributed by atoms with E-state index < -0.39 is 5.97 Å². The zero-order valence-corrected chi connectivity index (χ0v) is 19.7. The highest BCUT2D eigenvalue weighted by Crippen LogP contribution is 2.44. The molecule has 1 aliphatic heterocycles. The van der Waals surface area contributed by atoms with Crippen molar-refractivity contribution in [2.24, 2.45) is 0 Å². The van der Waals surface area contributed by atoms with E-state index in [9.17, 15) is 9.90 Å². The fraction of sp³-hybridized carbons (Fsp3) is 0.346. The molecular weight excluding hydrogens is 432 g/mol. The average Bonchev–Trinajstić information content (AvgIpc) is 3.52. The van der Waals surface area contributed by atoms with E-state index in [1.807, 2.05) is 30.5 Å². The van der Waals surface area contributed by atoms with Crippen molar-refractivity contribution in [2.75, 3.05) is 0 Å². The van der Waals surface area contributed by atoms with Crippen molar-refractivity contribution in [3.05, 3.63) is 82.9 Å². The van der Waals surface area contributed by atoms with E-state index in [0.717, 1.165) is 40.7 Å². The van der Waals surface area contributed by atoms with E-state index in [0.29, 0.717) is 6.04 Å². The molecular formula is C26H28N4O2S. The standard InChI is InChI=1S/C26H28N4O2S/c1-16-15-21(17(2)29(16)20-12-10-18(11-13-20)25(31)32)24-23(22-9-5-6-14-27-22)28-26(33)30(24)19-7-3-4-8-19/h5-6,9-15,19,23-24H,3-4,7-8H2,1-2H3,(H,28,33)(H,31,32). The molecule has 7 heteroatoms. The van der Waals surface area contributed by atoms with Crippen LogP contribution in [0.3, 0.4) is 0 Å². The molecule has 2 N–H and O–H groups in total. The van der Waals surface area contributed by atoms with Gasteiger partial charge in [-0.15, -0.1) is 0 Å². The van der Waals surface area contributed by atoms with Crippen LogP contribution in [0.1, 0.15) is 70.8 Å². The third-order valence-corrected chi connectivity index (χ3v) is 7.34. The van der Waals surface area contributed by atoms with E-state index in [1.165, 1.54) is 18.4 Å². The number of aryl methyl sites for hydroxylation is 1. The average molecular weight is 461 g/mol. The van der Waals surface area contributed by atoms with E-state index in [2.05, 4.69) is 45.7 Å². The molecule has 2 atom stereocenters. The summed E-state index contributed by atoms with van der Waals surface area (Å²) in [5.74, 6) is -0.917. The maximum Gasteiger partial charge on any atom is 0.335 e. The molecule has 1 saturated heterocycles. The highest BCUT2D eigenvalue weighted by Gasteiger charge is 2.44. The highest BCUT2D eigenvalue weighted by molar-refractivity contribution is 7.80. The summed E-state index contributed by atoms with van der Waals surface area (Å²) >= 11 is 5.87. The zero-order valence-electron chi connectivity index (χ0n) is 18.9. The van der Waals surface area contributed by atoms with Crippen LogP contribution in [-0.2, 0) is 0 Å². The second-order valence-electron chi connectivity index (χ2n) is 8.99. The molecule has 1 saturated carbocycles. The topological polar surface area (TPSA) is 70.4 Å². The first-order valence-electron chi connectivity index (χ1n) is 11.5. The molecule has 6 nitrogen and oxygen atoms in total. The molecule has 3 aromatic rings. The SMILES string of the molecule is Cc1cc(C2C(c3ccccn3)NC(=S)N2C2CCCC2)c(C)n1-c1ccc(C(=O)O)cc1. The molecule has 0 radical (unpaired) electrons. The van der Waals surface area contributed by atoms with E-state index in [1.54, 1.807) is 12.1 Å². The Morgan fingerprint density at radius 1 is 1.12 bits per heavy atom. The van der Waals surface area contributed by atoms with Crippen molar-refractivity contribution in [1.82, 2.24) is 19.8 Å². The van der Waals surface area contributed by atoms with Gasteiger partial charge in [0.05, 0.1) is 23.3 Å². The molecule has 2 fully saturated rings. The van der Waals surface area contributed by atoms with E-state index >= 15 is 0 Å². The molecule has 1 aromatic carbocycles. The van der Waals surface area contributed by atoms with E-state index in [-0.39, 0.29) is 17.6 Å². The number of hydrogen-bond acceptors (Lipinski definition) is 3. The van der Waals surface area contributed by atoms with Crippen molar-refractivity contribution in [1.29, 1.82) is 0 Å². The van der Waals surface area contributed by atoms with Gasteiger partial charge in [-0.2, -0.15) is 0 Å². The number of aromatic carboxylic acids is 1. The van der Waals surface area contributed by atoms with Crippen molar-refractivity contribution >= 4 is 23.3 Å². The zero-order chi connectivity index (χ0) is 23.1. The summed E-state index contributed by atoms with van der Waals surface area (Å²) in [6, 6.07) is 15.8. The van der Waals surface area contributed by atoms with Crippen LogP contribution in [0, 0.1) is 13.8 Å². The number of hydrogen-bond donors (Lipinski definition) is 2. The Bertz CT molecular complexity index is 1180. The first kappa shape index (κ1) is 21.6. The normalized spacial score (nSPS) is 20.9. The van der Waals surface area contributed by atoms with Gasteiger partial charge in [0.15, 0.2) is 5.11 Å². The number of nitrogens with zero attached hydrogens (tertiary/aromatic N) is 3. The number of pyridine rings is 1. The number of rotatable bonds is 5. The second kappa shape index (κ2) is 8.63. The summed E-state index contributed by atoms with van der Waals surface area (Å²) in [6.45, 7) is 4.23. The minimum atomic E-state index is -0.917. The van der Waals surface area contributed by atoms with Gasteiger partial charge in [-0.05, 0) is 86.9 Å². The van der Waals surface area contributed by atoms with Crippen LogP contribution >= 0.6 is 12.2 Å². The molecule has 2 aliphatic rings. The second-order valence-corrected chi connectivity index (χ2v) is 9.37. The van der Waals surface area contributed by atoms with Gasteiger partial charge < -0.3 is 19.9 Å². The molecule has 3 heterocycles. The molecule has 0 bridgehead atoms. The van der Waals surface area contributed by atoms with Crippen LogP contribution in [-0.4, -0.2) is 36.7 Å². The van der Waals surface area contributed by atoms with Gasteiger partial charge in [-0.1, -0.05) is 18.9 Å². The Kier molecular flexibility index (Phi) is 5.66. The summed E-state index contributed by atoms with van der Waals surface area (Å²) in [5.41, 5.74) is 5.70. The Balaban J connectivity index is 1.60. The fourth-order valence-electron chi connectivity index (χ4n) is 5.51. The monoisotopic (exact) mass is 460 g/mol. The van der Waals surface area contributed by atoms with Crippen LogP contribution in [0.25, 0.3) is 5.69 Å². The summed E-state index contributed by atoms with van der Waals surface area (Å²) in [5, 5.41) is 13.6. The number of nitrogens with one attached hydrogen (secondary N) is 1. The molecule has 170 valence electrons. The lowest BCUT2D eigenvalue weighted by Gasteiger charge is -2.33. The van der Waals surface area contributed by atoms with Gasteiger partial charge in [0.25, 0.3) is 0 Å². The van der Waals surface area contributed by atoms with Crippen LogP contribution in [0.5, 0.6) is 0 Å². The van der Waals surface area contributed by atoms with Gasteiger partial charge in [0.1, 0.15) is 0 Å². The molecule has 33 heavy (non-hydrogen) atoms. The lowest BCUT2D eigenvalue weighted by molar-refractivity contribution is 0.0697. The van der Waals surface area contributed by atoms with Crippen LogP contribution in [0.15, 0.2) is 54.7 Å². The van der Waals surface area contributed by atoms with Gasteiger partial charge in [0, 0.05) is 29.3 Å². The summed E-state index contributed by atoms with van der Waals surface area (Å²) < 4.78 is 2.20. The first-order valence-corrected chi connectivity index (χ1v) is 11.9. The molecule has 5 rings (SSSR count). The number of benzene rings is 1. The van der Waals surface area contributed by atoms with Crippen molar-refractivity contribution in [3.8, 4) is 5.69 Å². The molecule has 2 unspecified atom stereocenters. The Morgan fingerprint density at radius 3 is 2.48 bits per heavy atom. The molecule has 0 amide bonds. The smallest absolute Gasteiger partial charge is 0.335 e. The maximum atomic E-state index is 11.3. The summed E-state index contributed by atoms with van der Waals surface area (Å²) in [4.78, 5) is 18.4. The number of thiocarbonyl (C=S) groups is 1. The number of carboxylic acids is 1. The van der Waals surface area contributed by atoms with Crippen LogP contribution in [0.2, 0.25) is 0 Å². The van der Waals surface area contributed by atoms with Gasteiger partial charge >= 0.3 is 5.97 Å². The summed E-state index contributed by atoms with van der Waals surface area (Å²) in [6.07, 6.45) is 6.62. The number of carboxylic acid groups (broad SMARTS) is 1. The minimum Gasteiger partial charge on any atom is -0.478 e. The molecule has 2 aromatic heterocycles. The van der Waals surface area contributed by atoms with Gasteiger partial charge in [-0.25, -0.2) is 4.79 Å². The number of carbonyl (C=O) groups is 1. The Hall–Kier alpha value is -3.19. The van der Waals surface area contributed by atoms with Crippen LogP contribution < -0.4 is 5.32 Å². The minimum absolute atomic E-state index is 0.0253. The first-order chi connectivity index (χ1) is 16.0. The largest absolute Gasteiger partial charge is 0.478 e. The third-order valence-electron chi connectivity index (χ3n) is 7.01. The van der Waals surface area contributed by atoms with Crippen molar-refractivity contribution in [3.63, 3.8) is 0 Å². The lowest BCUT2D eigenvalue weighted by Crippen LogP contribution is -2.37. The van der Waals surface area contributed by atoms with Crippen molar-refractivity contribution in [2.45, 2.75) is 57.7 Å². The maximum absolute atomic E-state index is 11.3. The quantitative estimate of drug-likeness (QED) is 0.516. The van der Waals surface area contributed by atoms with Crippen LogP contribution in [0.4, 0.5) is 0 Å². The fourth-order valence-corrected chi connectivity index (χ4v) is 5.90. The third kappa shape index (κ3) is 3.80. The predicted octanol–water partition coefficient (Wildman–Crippen LogP) is 5.10. The predicted molar refractivity (Wildman–Crippen MR) is 132 cm³/mol. The van der Waals surface area contributed by atoms with Gasteiger partial charge in [-0.3, -0.25) is 4.98 Å². The Morgan fingerprint density at radius 2 is 1.85 bits per heavy atom. The van der Waals surface area contributed by atoms with Crippen molar-refractivity contribution < 1.29 is 9.90 Å². The molecule has 1 aliphatic carbocycles. The van der Waals surface area contributed by atoms with E-state index in [4.69, 9.17) is 12.2 Å². The van der Waals surface area contributed by atoms with Gasteiger partial charge in [0.2, 0.25) is 0 Å². The molecule has 0 spiro atoms. The Labute approximate surface area is 199 Å². The lowest BCUT2D eigenvalue weighted by atomic mass is 9.95. The summed E-state index contributed by atoms with van der Waals surface area (Å²) in [7, 11) is 0.